The number of carbonyl (C=O) groups is 1. The lowest BCUT2D eigenvalue weighted by atomic mass is 10.1. The van der Waals surface area contributed by atoms with Crippen molar-refractivity contribution < 1.29 is 4.79 Å². The first-order chi connectivity index (χ1) is 12.0. The van der Waals surface area contributed by atoms with Gasteiger partial charge in [0, 0.05) is 38.4 Å². The first-order valence-corrected chi connectivity index (χ1v) is 8.92. The number of nitrogens with one attached hydrogen (secondary N) is 1. The van der Waals surface area contributed by atoms with E-state index >= 15 is 0 Å². The molecule has 0 saturated carbocycles. The summed E-state index contributed by atoms with van der Waals surface area (Å²) < 4.78 is 0. The van der Waals surface area contributed by atoms with Gasteiger partial charge in [-0.2, -0.15) is 0 Å². The van der Waals surface area contributed by atoms with Crippen LogP contribution in [0.15, 0.2) is 42.5 Å². The Labute approximate surface area is 150 Å². The molecule has 2 amide bonds. The summed E-state index contributed by atoms with van der Waals surface area (Å²) >= 11 is 0. The number of nitrogens with zero attached hydrogens (tertiary/aromatic N) is 2. The molecule has 25 heavy (non-hydrogen) atoms. The van der Waals surface area contributed by atoms with Crippen molar-refractivity contribution in [2.24, 2.45) is 0 Å². The number of anilines is 1. The maximum Gasteiger partial charge on any atom is 0.321 e. The zero-order valence-corrected chi connectivity index (χ0v) is 15.4. The highest BCUT2D eigenvalue weighted by atomic mass is 16.2. The summed E-state index contributed by atoms with van der Waals surface area (Å²) in [6.07, 6.45) is 0. The maximum absolute atomic E-state index is 12.5. The summed E-state index contributed by atoms with van der Waals surface area (Å²) in [6.45, 7) is 10.6. The van der Waals surface area contributed by atoms with Gasteiger partial charge in [-0.1, -0.05) is 35.9 Å². The molecule has 0 radical (unpaired) electrons. The summed E-state index contributed by atoms with van der Waals surface area (Å²) in [6, 6.07) is 14.7. The predicted molar refractivity (Wildman–Crippen MR) is 103 cm³/mol. The molecule has 1 aliphatic heterocycles. The Kier molecular flexibility index (Phi) is 5.39. The Morgan fingerprint density at radius 3 is 2.24 bits per heavy atom. The topological polar surface area (TPSA) is 35.6 Å². The van der Waals surface area contributed by atoms with Gasteiger partial charge in [-0.15, -0.1) is 0 Å². The Hall–Kier alpha value is -2.33. The number of hydrogen-bond acceptors (Lipinski definition) is 2. The van der Waals surface area contributed by atoms with Crippen LogP contribution in [0.25, 0.3) is 0 Å². The van der Waals surface area contributed by atoms with Gasteiger partial charge in [-0.25, -0.2) is 4.79 Å². The lowest BCUT2D eigenvalue weighted by molar-refractivity contribution is 0.143. The summed E-state index contributed by atoms with van der Waals surface area (Å²) in [4.78, 5) is 16.8. The average molecular weight is 337 g/mol. The molecular formula is C21H27N3O. The van der Waals surface area contributed by atoms with Crippen molar-refractivity contribution in [2.45, 2.75) is 27.3 Å². The summed E-state index contributed by atoms with van der Waals surface area (Å²) in [5.74, 6) is 0. The highest BCUT2D eigenvalue weighted by Crippen LogP contribution is 2.16. The van der Waals surface area contributed by atoms with Gasteiger partial charge in [0.15, 0.2) is 0 Å². The van der Waals surface area contributed by atoms with Crippen LogP contribution in [0.3, 0.4) is 0 Å². The maximum atomic E-state index is 12.5. The molecule has 0 bridgehead atoms. The van der Waals surface area contributed by atoms with Crippen molar-refractivity contribution in [3.63, 3.8) is 0 Å². The molecule has 3 rings (SSSR count). The second-order valence-corrected chi connectivity index (χ2v) is 6.98. The number of aryl methyl sites for hydroxylation is 3. The lowest BCUT2D eigenvalue weighted by Crippen LogP contribution is -2.49. The fourth-order valence-electron chi connectivity index (χ4n) is 3.08. The minimum Gasteiger partial charge on any atom is -0.322 e. The van der Waals surface area contributed by atoms with Crippen LogP contribution in [-0.2, 0) is 6.54 Å². The smallest absolute Gasteiger partial charge is 0.321 e. The van der Waals surface area contributed by atoms with E-state index in [9.17, 15) is 4.79 Å². The van der Waals surface area contributed by atoms with Crippen LogP contribution >= 0.6 is 0 Å². The first-order valence-electron chi connectivity index (χ1n) is 8.92. The Bertz CT molecular complexity index is 731. The van der Waals surface area contributed by atoms with Crippen molar-refractivity contribution in [3.05, 3.63) is 64.7 Å². The molecule has 0 aromatic heterocycles. The molecular weight excluding hydrogens is 310 g/mol. The largest absolute Gasteiger partial charge is 0.322 e. The van der Waals surface area contributed by atoms with Crippen LogP contribution in [-0.4, -0.2) is 42.0 Å². The molecule has 1 aliphatic rings. The summed E-state index contributed by atoms with van der Waals surface area (Å²) in [5.41, 5.74) is 5.92. The van der Waals surface area contributed by atoms with Crippen molar-refractivity contribution in [3.8, 4) is 0 Å². The van der Waals surface area contributed by atoms with Gasteiger partial charge in [0.05, 0.1) is 0 Å². The number of rotatable bonds is 3. The SMILES string of the molecule is Cc1ccc(CN2CCN(C(=O)Nc3ccc(C)c(C)c3)CC2)cc1. The summed E-state index contributed by atoms with van der Waals surface area (Å²) in [5, 5.41) is 3.02. The molecule has 132 valence electrons. The normalized spacial score (nSPS) is 15.2. The minimum atomic E-state index is -0.00163. The molecule has 0 atom stereocenters. The van der Waals surface area contributed by atoms with Crippen molar-refractivity contribution in [2.75, 3.05) is 31.5 Å². The molecule has 2 aromatic rings. The molecule has 1 N–H and O–H groups in total. The van der Waals surface area contributed by atoms with E-state index in [4.69, 9.17) is 0 Å². The Balaban J connectivity index is 1.50. The van der Waals surface area contributed by atoms with Gasteiger partial charge in [0.2, 0.25) is 0 Å². The Morgan fingerprint density at radius 2 is 1.60 bits per heavy atom. The lowest BCUT2D eigenvalue weighted by Gasteiger charge is -2.34. The van der Waals surface area contributed by atoms with Gasteiger partial charge in [0.1, 0.15) is 0 Å². The fraction of sp³-hybridized carbons (Fsp3) is 0.381. The van der Waals surface area contributed by atoms with Crippen LogP contribution in [0.1, 0.15) is 22.3 Å². The molecule has 4 heteroatoms. The van der Waals surface area contributed by atoms with Crippen molar-refractivity contribution in [1.29, 1.82) is 0 Å². The number of piperazine rings is 1. The molecule has 2 aromatic carbocycles. The van der Waals surface area contributed by atoms with Crippen molar-refractivity contribution in [1.82, 2.24) is 9.80 Å². The van der Waals surface area contributed by atoms with E-state index in [1.165, 1.54) is 22.3 Å². The number of carbonyl (C=O) groups excluding carboxylic acids is 1. The highest BCUT2D eigenvalue weighted by Gasteiger charge is 2.21. The van der Waals surface area contributed by atoms with E-state index in [1.54, 1.807) is 0 Å². The van der Waals surface area contributed by atoms with Crippen LogP contribution in [0.5, 0.6) is 0 Å². The number of urea groups is 1. The first kappa shape index (κ1) is 17.5. The number of benzene rings is 2. The van der Waals surface area contributed by atoms with E-state index in [0.29, 0.717) is 0 Å². The Morgan fingerprint density at radius 1 is 0.920 bits per heavy atom. The monoisotopic (exact) mass is 337 g/mol. The van der Waals surface area contributed by atoms with E-state index < -0.39 is 0 Å². The molecule has 0 unspecified atom stereocenters. The van der Waals surface area contributed by atoms with E-state index in [1.807, 2.05) is 23.1 Å². The zero-order chi connectivity index (χ0) is 17.8. The van der Waals surface area contributed by atoms with Crippen LogP contribution in [0.2, 0.25) is 0 Å². The fourth-order valence-corrected chi connectivity index (χ4v) is 3.08. The van der Waals surface area contributed by atoms with Crippen molar-refractivity contribution >= 4 is 11.7 Å². The van der Waals surface area contributed by atoms with Crippen LogP contribution in [0, 0.1) is 20.8 Å². The van der Waals surface area contributed by atoms with Gasteiger partial charge in [-0.3, -0.25) is 4.90 Å². The third kappa shape index (κ3) is 4.60. The van der Waals surface area contributed by atoms with Gasteiger partial charge >= 0.3 is 6.03 Å². The quantitative estimate of drug-likeness (QED) is 0.920. The molecule has 0 spiro atoms. The van der Waals surface area contributed by atoms with Crippen LogP contribution < -0.4 is 5.32 Å². The zero-order valence-electron chi connectivity index (χ0n) is 15.4. The molecule has 0 aliphatic carbocycles. The second kappa shape index (κ2) is 7.70. The molecule has 4 nitrogen and oxygen atoms in total. The standard InChI is InChI=1S/C21H27N3O/c1-16-4-7-19(8-5-16)15-23-10-12-24(13-11-23)21(25)22-20-9-6-17(2)18(3)14-20/h4-9,14H,10-13,15H2,1-3H3,(H,22,25). The van der Waals surface area contributed by atoms with E-state index in [2.05, 4.69) is 55.3 Å². The van der Waals surface area contributed by atoms with Gasteiger partial charge in [0.25, 0.3) is 0 Å². The number of amides is 2. The third-order valence-electron chi connectivity index (χ3n) is 4.94. The average Bonchev–Trinajstić information content (AvgIpc) is 2.61. The third-order valence-corrected chi connectivity index (χ3v) is 4.94. The van der Waals surface area contributed by atoms with Gasteiger partial charge < -0.3 is 10.2 Å². The molecule has 1 heterocycles. The van der Waals surface area contributed by atoms with E-state index in [-0.39, 0.29) is 6.03 Å². The number of hydrogen-bond donors (Lipinski definition) is 1. The molecule has 1 saturated heterocycles. The molecule has 1 fully saturated rings. The summed E-state index contributed by atoms with van der Waals surface area (Å²) in [7, 11) is 0. The van der Waals surface area contributed by atoms with Gasteiger partial charge in [-0.05, 0) is 49.6 Å². The van der Waals surface area contributed by atoms with E-state index in [0.717, 1.165) is 38.4 Å². The minimum absolute atomic E-state index is 0.00163. The van der Waals surface area contributed by atoms with Crippen LogP contribution in [0.4, 0.5) is 10.5 Å². The predicted octanol–water partition coefficient (Wildman–Crippen LogP) is 3.96. The second-order valence-electron chi connectivity index (χ2n) is 6.98. The highest BCUT2D eigenvalue weighted by molar-refractivity contribution is 5.89.